The van der Waals surface area contributed by atoms with E-state index in [-0.39, 0.29) is 30.4 Å². The fraction of sp³-hybridized carbons (Fsp3) is 0.321. The summed E-state index contributed by atoms with van der Waals surface area (Å²) in [5.41, 5.74) is 7.98. The van der Waals surface area contributed by atoms with E-state index in [0.717, 1.165) is 12.8 Å². The Kier molecular flexibility index (Phi) is 8.18. The second kappa shape index (κ2) is 11.5. The second-order valence-corrected chi connectivity index (χ2v) is 8.98. The van der Waals surface area contributed by atoms with E-state index in [9.17, 15) is 9.90 Å². The van der Waals surface area contributed by atoms with Crippen molar-refractivity contribution in [2.45, 2.75) is 44.9 Å². The number of carboxylic acids is 1. The SMILES string of the molecule is C[C@@H](N)c1cccc(-c2cc(COc3ccccc3CC(=O)O)c(F)c(NCC3CCCO3)c2)c1F. The average Bonchev–Trinajstić information content (AvgIpc) is 3.37. The molecule has 36 heavy (non-hydrogen) atoms. The molecule has 0 aliphatic carbocycles. The van der Waals surface area contributed by atoms with Crippen LogP contribution in [0.3, 0.4) is 0 Å². The quantitative estimate of drug-likeness (QED) is 0.346. The molecule has 0 amide bonds. The highest BCUT2D eigenvalue weighted by molar-refractivity contribution is 5.72. The lowest BCUT2D eigenvalue weighted by Crippen LogP contribution is -2.19. The van der Waals surface area contributed by atoms with Gasteiger partial charge in [0.2, 0.25) is 0 Å². The van der Waals surface area contributed by atoms with Crippen molar-refractivity contribution in [3.8, 4) is 16.9 Å². The van der Waals surface area contributed by atoms with E-state index < -0.39 is 23.6 Å². The molecule has 4 N–H and O–H groups in total. The zero-order chi connectivity index (χ0) is 25.7. The minimum atomic E-state index is -0.996. The van der Waals surface area contributed by atoms with Gasteiger partial charge in [0.15, 0.2) is 5.82 Å². The van der Waals surface area contributed by atoms with Crippen molar-refractivity contribution >= 4 is 11.7 Å². The molecule has 0 aromatic heterocycles. The molecule has 8 heteroatoms. The number of anilines is 1. The zero-order valence-electron chi connectivity index (χ0n) is 20.1. The van der Waals surface area contributed by atoms with E-state index in [4.69, 9.17) is 15.2 Å². The maximum absolute atomic E-state index is 15.6. The maximum atomic E-state index is 15.6. The molecular weight excluding hydrogens is 466 g/mol. The Balaban J connectivity index is 1.68. The molecule has 1 aliphatic heterocycles. The third-order valence-corrected chi connectivity index (χ3v) is 6.22. The van der Waals surface area contributed by atoms with Crippen LogP contribution >= 0.6 is 0 Å². The Morgan fingerprint density at radius 1 is 1.17 bits per heavy atom. The molecule has 1 aliphatic rings. The largest absolute Gasteiger partial charge is 0.488 e. The minimum absolute atomic E-state index is 0.0196. The maximum Gasteiger partial charge on any atom is 0.307 e. The summed E-state index contributed by atoms with van der Waals surface area (Å²) in [4.78, 5) is 11.2. The Hall–Kier alpha value is -3.49. The van der Waals surface area contributed by atoms with Crippen LogP contribution in [0.1, 0.15) is 42.5 Å². The summed E-state index contributed by atoms with van der Waals surface area (Å²) in [6.45, 7) is 2.64. The number of para-hydroxylation sites is 1. The molecule has 3 aromatic rings. The van der Waals surface area contributed by atoms with Gasteiger partial charge in [-0.15, -0.1) is 0 Å². The topological polar surface area (TPSA) is 93.8 Å². The number of halogens is 2. The Labute approximate surface area is 209 Å². The van der Waals surface area contributed by atoms with Crippen molar-refractivity contribution in [3.63, 3.8) is 0 Å². The average molecular weight is 497 g/mol. The number of benzene rings is 3. The Morgan fingerprint density at radius 2 is 1.97 bits per heavy atom. The fourth-order valence-corrected chi connectivity index (χ4v) is 4.34. The summed E-state index contributed by atoms with van der Waals surface area (Å²) >= 11 is 0. The number of nitrogens with one attached hydrogen (secondary N) is 1. The van der Waals surface area contributed by atoms with Crippen LogP contribution < -0.4 is 15.8 Å². The number of ether oxygens (including phenoxy) is 2. The summed E-state index contributed by atoms with van der Waals surface area (Å²) in [6.07, 6.45) is 1.60. The fourth-order valence-electron chi connectivity index (χ4n) is 4.34. The third kappa shape index (κ3) is 6.01. The lowest BCUT2D eigenvalue weighted by molar-refractivity contribution is -0.136. The highest BCUT2D eigenvalue weighted by Gasteiger charge is 2.20. The van der Waals surface area contributed by atoms with Crippen LogP contribution in [0.25, 0.3) is 11.1 Å². The van der Waals surface area contributed by atoms with Crippen molar-refractivity contribution in [2.75, 3.05) is 18.5 Å². The van der Waals surface area contributed by atoms with Gasteiger partial charge in [0.25, 0.3) is 0 Å². The van der Waals surface area contributed by atoms with Crippen molar-refractivity contribution in [1.82, 2.24) is 0 Å². The molecule has 4 rings (SSSR count). The third-order valence-electron chi connectivity index (χ3n) is 6.22. The second-order valence-electron chi connectivity index (χ2n) is 8.98. The van der Waals surface area contributed by atoms with Gasteiger partial charge in [-0.25, -0.2) is 8.78 Å². The number of hydrogen-bond donors (Lipinski definition) is 3. The van der Waals surface area contributed by atoms with E-state index in [1.54, 1.807) is 61.5 Å². The van der Waals surface area contributed by atoms with Crippen molar-refractivity contribution in [3.05, 3.63) is 82.9 Å². The van der Waals surface area contributed by atoms with Gasteiger partial charge in [-0.1, -0.05) is 36.4 Å². The van der Waals surface area contributed by atoms with Gasteiger partial charge in [0.1, 0.15) is 18.2 Å². The number of aliphatic carboxylic acids is 1. The summed E-state index contributed by atoms with van der Waals surface area (Å²) in [5.74, 6) is -1.62. The lowest BCUT2D eigenvalue weighted by Gasteiger charge is -2.18. The van der Waals surface area contributed by atoms with Crippen LogP contribution in [0, 0.1) is 11.6 Å². The molecule has 0 radical (unpaired) electrons. The van der Waals surface area contributed by atoms with E-state index in [2.05, 4.69) is 5.32 Å². The van der Waals surface area contributed by atoms with Gasteiger partial charge in [0.05, 0.1) is 18.2 Å². The molecule has 0 saturated carbocycles. The number of carbonyl (C=O) groups is 1. The Bertz CT molecular complexity index is 1230. The summed E-state index contributed by atoms with van der Waals surface area (Å²) in [6, 6.07) is 14.3. The summed E-state index contributed by atoms with van der Waals surface area (Å²) in [5, 5.41) is 12.3. The number of carboxylic acid groups (broad SMARTS) is 1. The molecule has 6 nitrogen and oxygen atoms in total. The first-order valence-electron chi connectivity index (χ1n) is 12.0. The van der Waals surface area contributed by atoms with Gasteiger partial charge in [-0.3, -0.25) is 4.79 Å². The normalized spacial score (nSPS) is 16.1. The van der Waals surface area contributed by atoms with Crippen LogP contribution in [-0.2, 0) is 22.6 Å². The summed E-state index contributed by atoms with van der Waals surface area (Å²) in [7, 11) is 0. The molecule has 1 unspecified atom stereocenters. The van der Waals surface area contributed by atoms with Crippen LogP contribution in [0.15, 0.2) is 54.6 Å². The number of nitrogens with two attached hydrogens (primary N) is 1. The highest BCUT2D eigenvalue weighted by atomic mass is 19.1. The molecule has 3 aromatic carbocycles. The van der Waals surface area contributed by atoms with Gasteiger partial charge in [-0.05, 0) is 43.5 Å². The van der Waals surface area contributed by atoms with E-state index in [1.165, 1.54) is 0 Å². The molecule has 190 valence electrons. The smallest absolute Gasteiger partial charge is 0.307 e. The van der Waals surface area contributed by atoms with Crippen LogP contribution in [0.2, 0.25) is 0 Å². The first-order chi connectivity index (χ1) is 17.3. The van der Waals surface area contributed by atoms with E-state index >= 15 is 8.78 Å². The van der Waals surface area contributed by atoms with Gasteiger partial charge in [-0.2, -0.15) is 0 Å². The van der Waals surface area contributed by atoms with Crippen molar-refractivity contribution < 1.29 is 28.2 Å². The van der Waals surface area contributed by atoms with E-state index in [0.29, 0.717) is 41.2 Å². The number of rotatable bonds is 10. The van der Waals surface area contributed by atoms with Crippen LogP contribution in [0.4, 0.5) is 14.5 Å². The molecule has 0 bridgehead atoms. The Morgan fingerprint density at radius 3 is 2.69 bits per heavy atom. The zero-order valence-corrected chi connectivity index (χ0v) is 20.1. The standard InChI is InChI=1S/C28H30F2N2O4/c1-17(31)22-8-4-9-23(28(22)30)19-12-20(16-36-25-10-3-2-6-18(25)14-26(33)34)27(29)24(13-19)32-15-21-7-5-11-35-21/h2-4,6,8-10,12-13,17,21,32H,5,7,11,14-16,31H2,1H3,(H,33,34)/t17-,21?/m1/s1. The minimum Gasteiger partial charge on any atom is -0.488 e. The monoisotopic (exact) mass is 496 g/mol. The predicted octanol–water partition coefficient (Wildman–Crippen LogP) is 5.45. The van der Waals surface area contributed by atoms with Crippen molar-refractivity contribution in [2.24, 2.45) is 5.73 Å². The van der Waals surface area contributed by atoms with Gasteiger partial charge >= 0.3 is 5.97 Å². The molecular formula is C28H30F2N2O4. The summed E-state index contributed by atoms with van der Waals surface area (Å²) < 4.78 is 42.4. The van der Waals surface area contributed by atoms with Crippen LogP contribution in [-0.4, -0.2) is 30.3 Å². The van der Waals surface area contributed by atoms with Crippen LogP contribution in [0.5, 0.6) is 5.75 Å². The van der Waals surface area contributed by atoms with Gasteiger partial charge < -0.3 is 25.6 Å². The predicted molar refractivity (Wildman–Crippen MR) is 134 cm³/mol. The lowest BCUT2D eigenvalue weighted by atomic mass is 9.97. The highest BCUT2D eigenvalue weighted by Crippen LogP contribution is 2.33. The van der Waals surface area contributed by atoms with Gasteiger partial charge in [0, 0.05) is 41.4 Å². The molecule has 1 fully saturated rings. The molecule has 0 spiro atoms. The first kappa shape index (κ1) is 25.6. The van der Waals surface area contributed by atoms with Crippen molar-refractivity contribution in [1.29, 1.82) is 0 Å². The molecule has 1 saturated heterocycles. The molecule has 1 heterocycles. The number of hydrogen-bond acceptors (Lipinski definition) is 5. The van der Waals surface area contributed by atoms with E-state index in [1.807, 2.05) is 0 Å². The molecule has 2 atom stereocenters. The first-order valence-corrected chi connectivity index (χ1v) is 12.0.